The van der Waals surface area contributed by atoms with Crippen molar-refractivity contribution in [1.29, 1.82) is 0 Å². The van der Waals surface area contributed by atoms with Gasteiger partial charge >= 0.3 is 5.69 Å². The van der Waals surface area contributed by atoms with Crippen molar-refractivity contribution in [2.24, 2.45) is 14.1 Å². The van der Waals surface area contributed by atoms with Gasteiger partial charge in [-0.25, -0.2) is 4.79 Å². The van der Waals surface area contributed by atoms with Crippen LogP contribution in [0.1, 0.15) is 0 Å². The third-order valence-electron chi connectivity index (χ3n) is 3.10. The van der Waals surface area contributed by atoms with Crippen molar-refractivity contribution in [3.8, 4) is 0 Å². The average molecular weight is 326 g/mol. The van der Waals surface area contributed by atoms with Crippen molar-refractivity contribution in [2.75, 3.05) is 0 Å². The summed E-state index contributed by atoms with van der Waals surface area (Å²) in [6.07, 6.45) is 1.13. The highest BCUT2D eigenvalue weighted by Crippen LogP contribution is 2.19. The maximum Gasteiger partial charge on any atom is 0.332 e. The van der Waals surface area contributed by atoms with Gasteiger partial charge in [-0.1, -0.05) is 6.07 Å². The van der Waals surface area contributed by atoms with E-state index in [0.717, 1.165) is 30.8 Å². The Morgan fingerprint density at radius 2 is 1.90 bits per heavy atom. The first-order chi connectivity index (χ1) is 9.84. The number of rotatable bonds is 2. The van der Waals surface area contributed by atoms with Crippen LogP contribution in [0.15, 0.2) is 37.5 Å². The van der Waals surface area contributed by atoms with E-state index in [2.05, 4.69) is 5.10 Å². The Balaban J connectivity index is 2.39. The molecule has 110 valence electrons. The van der Waals surface area contributed by atoms with E-state index in [1.54, 1.807) is 11.4 Å². The molecular formula is C11H10N4O4S2. The molecule has 21 heavy (non-hydrogen) atoms. The standard InChI is InChI=1S/C11H10N4O4S2/c1-13-9-7(10(16)14(2)11(13)17)6-15(12-9)21(18,19)8-4-3-5-20-8/h3-6H,1-2H3. The van der Waals surface area contributed by atoms with Crippen LogP contribution in [0.2, 0.25) is 0 Å². The predicted molar refractivity (Wildman–Crippen MR) is 77.1 cm³/mol. The molecule has 0 radical (unpaired) electrons. The minimum atomic E-state index is -3.86. The smallest absolute Gasteiger partial charge is 0.279 e. The summed E-state index contributed by atoms with van der Waals surface area (Å²) in [6, 6.07) is 3.05. The first kappa shape index (κ1) is 13.8. The Hall–Kier alpha value is -2.20. The van der Waals surface area contributed by atoms with Gasteiger partial charge in [0, 0.05) is 14.1 Å². The molecule has 0 saturated heterocycles. The minimum absolute atomic E-state index is 0.0308. The molecule has 0 aliphatic rings. The average Bonchev–Trinajstić information content (AvgIpc) is 3.11. The summed E-state index contributed by atoms with van der Waals surface area (Å²) < 4.78 is 27.6. The van der Waals surface area contributed by atoms with Crippen molar-refractivity contribution < 1.29 is 8.42 Å². The van der Waals surface area contributed by atoms with E-state index in [1.165, 1.54) is 20.2 Å². The van der Waals surface area contributed by atoms with Crippen LogP contribution in [0.5, 0.6) is 0 Å². The molecule has 3 heterocycles. The Morgan fingerprint density at radius 1 is 1.19 bits per heavy atom. The molecule has 0 aromatic carbocycles. The Kier molecular flexibility index (Phi) is 2.88. The third-order valence-corrected chi connectivity index (χ3v) is 6.00. The number of fused-ring (bicyclic) bond motifs is 1. The Labute approximate surface area is 122 Å². The lowest BCUT2D eigenvalue weighted by Crippen LogP contribution is -2.36. The highest BCUT2D eigenvalue weighted by atomic mass is 32.2. The van der Waals surface area contributed by atoms with Crippen LogP contribution in [-0.2, 0) is 24.1 Å². The SMILES string of the molecule is Cn1c(=O)c2cn(S(=O)(=O)c3cccs3)nc2n(C)c1=O. The fourth-order valence-electron chi connectivity index (χ4n) is 1.95. The van der Waals surface area contributed by atoms with Crippen LogP contribution < -0.4 is 11.2 Å². The molecule has 0 aliphatic carbocycles. The van der Waals surface area contributed by atoms with Crippen LogP contribution in [0, 0.1) is 0 Å². The van der Waals surface area contributed by atoms with Gasteiger partial charge in [-0.2, -0.15) is 12.5 Å². The van der Waals surface area contributed by atoms with Crippen molar-refractivity contribution in [2.45, 2.75) is 4.21 Å². The van der Waals surface area contributed by atoms with Crippen molar-refractivity contribution in [3.63, 3.8) is 0 Å². The van der Waals surface area contributed by atoms with E-state index in [4.69, 9.17) is 0 Å². The summed E-state index contributed by atoms with van der Waals surface area (Å²) in [5, 5.41) is 5.59. The third kappa shape index (κ3) is 1.87. The lowest BCUT2D eigenvalue weighted by atomic mass is 10.4. The zero-order valence-corrected chi connectivity index (χ0v) is 12.7. The lowest BCUT2D eigenvalue weighted by molar-refractivity contribution is 0.582. The molecule has 0 spiro atoms. The topological polar surface area (TPSA) is 96.0 Å². The molecule has 8 nitrogen and oxygen atoms in total. The van der Waals surface area contributed by atoms with Gasteiger partial charge in [0.1, 0.15) is 9.60 Å². The fourth-order valence-corrected chi connectivity index (χ4v) is 4.15. The summed E-state index contributed by atoms with van der Waals surface area (Å²) >= 11 is 1.05. The first-order valence-electron chi connectivity index (χ1n) is 5.78. The highest BCUT2D eigenvalue weighted by molar-refractivity contribution is 7.91. The van der Waals surface area contributed by atoms with Gasteiger partial charge in [-0.15, -0.1) is 16.4 Å². The molecule has 3 aromatic heterocycles. The number of aromatic nitrogens is 4. The summed E-state index contributed by atoms with van der Waals surface area (Å²) in [4.78, 5) is 23.9. The molecule has 0 saturated carbocycles. The monoisotopic (exact) mass is 326 g/mol. The van der Waals surface area contributed by atoms with Gasteiger partial charge in [0.05, 0.1) is 6.20 Å². The van der Waals surface area contributed by atoms with Gasteiger partial charge < -0.3 is 0 Å². The summed E-state index contributed by atoms with van der Waals surface area (Å²) in [7, 11) is -1.10. The predicted octanol–water partition coefficient (Wildman–Crippen LogP) is -0.268. The summed E-state index contributed by atoms with van der Waals surface area (Å²) in [5.41, 5.74) is -1.12. The van der Waals surface area contributed by atoms with Crippen molar-refractivity contribution in [1.82, 2.24) is 18.3 Å². The van der Waals surface area contributed by atoms with Crippen LogP contribution in [0.4, 0.5) is 0 Å². The molecule has 10 heteroatoms. The Bertz CT molecular complexity index is 1050. The van der Waals surface area contributed by atoms with Gasteiger partial charge in [0.2, 0.25) is 0 Å². The highest BCUT2D eigenvalue weighted by Gasteiger charge is 2.22. The molecule has 0 aliphatic heterocycles. The molecule has 0 fully saturated rings. The summed E-state index contributed by atoms with van der Waals surface area (Å²) in [5.74, 6) is 0. The number of aryl methyl sites for hydroxylation is 1. The zero-order valence-electron chi connectivity index (χ0n) is 11.0. The van der Waals surface area contributed by atoms with Gasteiger partial charge in [0.25, 0.3) is 15.6 Å². The van der Waals surface area contributed by atoms with Crippen LogP contribution in [0.25, 0.3) is 11.0 Å². The van der Waals surface area contributed by atoms with Crippen LogP contribution in [0.3, 0.4) is 0 Å². The molecular weight excluding hydrogens is 316 g/mol. The number of thiophene rings is 1. The lowest BCUT2D eigenvalue weighted by Gasteiger charge is -2.01. The van der Waals surface area contributed by atoms with E-state index in [-0.39, 0.29) is 15.2 Å². The molecule has 0 amide bonds. The normalized spacial score (nSPS) is 12.1. The second-order valence-electron chi connectivity index (χ2n) is 4.38. The van der Waals surface area contributed by atoms with E-state index in [0.29, 0.717) is 0 Å². The number of nitrogens with zero attached hydrogens (tertiary/aromatic N) is 4. The van der Waals surface area contributed by atoms with Crippen LogP contribution >= 0.6 is 11.3 Å². The second kappa shape index (κ2) is 4.40. The van der Waals surface area contributed by atoms with E-state index in [9.17, 15) is 18.0 Å². The number of hydrogen-bond donors (Lipinski definition) is 0. The fraction of sp³-hybridized carbons (Fsp3) is 0.182. The van der Waals surface area contributed by atoms with Gasteiger partial charge in [-0.3, -0.25) is 13.9 Å². The van der Waals surface area contributed by atoms with Crippen molar-refractivity contribution >= 4 is 32.4 Å². The maximum atomic E-state index is 12.4. The molecule has 3 aromatic rings. The maximum absolute atomic E-state index is 12.4. The van der Waals surface area contributed by atoms with E-state index < -0.39 is 21.3 Å². The number of hydrogen-bond acceptors (Lipinski definition) is 6. The van der Waals surface area contributed by atoms with Gasteiger partial charge in [-0.05, 0) is 11.4 Å². The molecule has 0 unspecified atom stereocenters. The van der Waals surface area contributed by atoms with Crippen LogP contribution in [-0.4, -0.2) is 26.7 Å². The molecule has 0 bridgehead atoms. The molecule has 0 N–H and O–H groups in total. The van der Waals surface area contributed by atoms with E-state index >= 15 is 0 Å². The Morgan fingerprint density at radius 3 is 2.52 bits per heavy atom. The quantitative estimate of drug-likeness (QED) is 0.646. The van der Waals surface area contributed by atoms with Gasteiger partial charge in [0.15, 0.2) is 5.65 Å². The van der Waals surface area contributed by atoms with E-state index in [1.807, 2.05) is 0 Å². The minimum Gasteiger partial charge on any atom is -0.279 e. The molecule has 3 rings (SSSR count). The zero-order chi connectivity index (χ0) is 15.4. The largest absolute Gasteiger partial charge is 0.332 e. The van der Waals surface area contributed by atoms with Crippen molar-refractivity contribution in [3.05, 3.63) is 44.5 Å². The second-order valence-corrected chi connectivity index (χ2v) is 7.35. The summed E-state index contributed by atoms with van der Waals surface area (Å²) in [6.45, 7) is 0. The molecule has 0 atom stereocenters. The first-order valence-corrected chi connectivity index (χ1v) is 8.10.